The van der Waals surface area contributed by atoms with Gasteiger partial charge in [-0.3, -0.25) is 4.79 Å². The molecule has 0 saturated carbocycles. The van der Waals surface area contributed by atoms with Gasteiger partial charge in [-0.2, -0.15) is 18.3 Å². The maximum atomic E-state index is 13.4. The highest BCUT2D eigenvalue weighted by Crippen LogP contribution is 2.36. The van der Waals surface area contributed by atoms with E-state index in [0.717, 1.165) is 12.8 Å². The predicted octanol–water partition coefficient (Wildman–Crippen LogP) is 5.68. The summed E-state index contributed by atoms with van der Waals surface area (Å²) in [5, 5.41) is 7.00. The fourth-order valence-corrected chi connectivity index (χ4v) is 3.73. The number of carbonyl (C=O) groups excluding carboxylic acids is 1. The fraction of sp³-hybridized carbons (Fsp3) is 0.238. The van der Waals surface area contributed by atoms with E-state index in [1.807, 2.05) is 0 Å². The minimum Gasteiger partial charge on any atom is -0.321 e. The van der Waals surface area contributed by atoms with Crippen molar-refractivity contribution in [2.45, 2.75) is 31.9 Å². The number of alkyl halides is 3. The van der Waals surface area contributed by atoms with Gasteiger partial charge >= 0.3 is 6.18 Å². The number of nitrogens with zero attached hydrogens (tertiary/aromatic N) is 2. The Morgan fingerprint density at radius 1 is 1.03 bits per heavy atom. The zero-order valence-electron chi connectivity index (χ0n) is 15.3. The van der Waals surface area contributed by atoms with E-state index < -0.39 is 11.9 Å². The molecule has 1 N–H and O–H groups in total. The number of fused-ring (bicyclic) bond motifs is 1. The van der Waals surface area contributed by atoms with Gasteiger partial charge in [0.2, 0.25) is 0 Å². The summed E-state index contributed by atoms with van der Waals surface area (Å²) < 4.78 is 41.5. The van der Waals surface area contributed by atoms with E-state index in [4.69, 9.17) is 11.6 Å². The van der Waals surface area contributed by atoms with Crippen LogP contribution in [0.3, 0.4) is 0 Å². The Balaban J connectivity index is 1.62. The molecule has 8 heteroatoms. The molecule has 0 fully saturated rings. The highest BCUT2D eigenvalue weighted by Gasteiger charge is 2.39. The number of carbonyl (C=O) groups is 1. The van der Waals surface area contributed by atoms with Crippen LogP contribution in [0.25, 0.3) is 5.69 Å². The normalized spacial score (nSPS) is 13.8. The minimum absolute atomic E-state index is 0.282. The second kappa shape index (κ2) is 7.55. The zero-order valence-corrected chi connectivity index (χ0v) is 16.0. The second-order valence-electron chi connectivity index (χ2n) is 6.87. The smallest absolute Gasteiger partial charge is 0.321 e. The van der Waals surface area contributed by atoms with Gasteiger partial charge in [-0.05, 0) is 62.1 Å². The summed E-state index contributed by atoms with van der Waals surface area (Å²) in [4.78, 5) is 12.4. The van der Waals surface area contributed by atoms with E-state index in [2.05, 4.69) is 10.4 Å². The Kier molecular flexibility index (Phi) is 5.08. The van der Waals surface area contributed by atoms with Gasteiger partial charge in [0.1, 0.15) is 0 Å². The molecule has 3 aromatic rings. The Morgan fingerprint density at radius 3 is 2.41 bits per heavy atom. The summed E-state index contributed by atoms with van der Waals surface area (Å²) in [5.41, 5.74) is 1.41. The predicted molar refractivity (Wildman–Crippen MR) is 105 cm³/mol. The fourth-order valence-electron chi connectivity index (χ4n) is 3.55. The van der Waals surface area contributed by atoms with Crippen LogP contribution in [0.5, 0.6) is 0 Å². The monoisotopic (exact) mass is 419 g/mol. The van der Waals surface area contributed by atoms with E-state index in [1.165, 1.54) is 4.68 Å². The Labute approximate surface area is 170 Å². The number of para-hydroxylation sites is 1. The van der Waals surface area contributed by atoms with Gasteiger partial charge < -0.3 is 5.32 Å². The molecule has 1 aromatic heterocycles. The van der Waals surface area contributed by atoms with Gasteiger partial charge in [-0.1, -0.05) is 23.7 Å². The third kappa shape index (κ3) is 3.87. The van der Waals surface area contributed by atoms with Gasteiger partial charge in [-0.15, -0.1) is 0 Å². The number of amides is 1. The third-order valence-corrected chi connectivity index (χ3v) is 5.27. The average Bonchev–Trinajstić information content (AvgIpc) is 3.10. The topological polar surface area (TPSA) is 46.9 Å². The van der Waals surface area contributed by atoms with Crippen LogP contribution in [0.2, 0.25) is 5.02 Å². The highest BCUT2D eigenvalue weighted by molar-refractivity contribution is 6.33. The van der Waals surface area contributed by atoms with E-state index in [-0.39, 0.29) is 11.5 Å². The van der Waals surface area contributed by atoms with E-state index in [9.17, 15) is 18.0 Å². The number of halogens is 4. The second-order valence-corrected chi connectivity index (χ2v) is 7.28. The Bertz CT molecular complexity index is 1060. The van der Waals surface area contributed by atoms with Crippen LogP contribution in [0.15, 0.2) is 48.5 Å². The number of rotatable bonds is 3. The molecule has 0 bridgehead atoms. The molecule has 4 nitrogen and oxygen atoms in total. The molecule has 0 saturated heterocycles. The molecule has 2 aromatic carbocycles. The molecule has 0 spiro atoms. The number of anilines is 1. The number of nitrogens with one attached hydrogen (secondary N) is 1. The molecule has 1 amide bonds. The average molecular weight is 420 g/mol. The van der Waals surface area contributed by atoms with Crippen molar-refractivity contribution in [2.24, 2.45) is 0 Å². The number of hydrogen-bond donors (Lipinski definition) is 1. The van der Waals surface area contributed by atoms with Crippen molar-refractivity contribution in [3.63, 3.8) is 0 Å². The number of aromatic nitrogens is 2. The van der Waals surface area contributed by atoms with Crippen LogP contribution in [0, 0.1) is 0 Å². The van der Waals surface area contributed by atoms with Crippen molar-refractivity contribution in [1.29, 1.82) is 0 Å². The van der Waals surface area contributed by atoms with Crippen LogP contribution < -0.4 is 5.32 Å². The Hall–Kier alpha value is -2.80. The van der Waals surface area contributed by atoms with E-state index in [1.54, 1.807) is 48.5 Å². The summed E-state index contributed by atoms with van der Waals surface area (Å²) >= 11 is 6.05. The number of hydrogen-bond acceptors (Lipinski definition) is 2. The molecule has 0 radical (unpaired) electrons. The van der Waals surface area contributed by atoms with Crippen molar-refractivity contribution in [3.05, 3.63) is 76.1 Å². The molecule has 1 aliphatic rings. The van der Waals surface area contributed by atoms with Gasteiger partial charge in [-0.25, -0.2) is 4.68 Å². The molecule has 0 aliphatic heterocycles. The maximum Gasteiger partial charge on any atom is 0.435 e. The van der Waals surface area contributed by atoms with Crippen LogP contribution in [0.4, 0.5) is 18.9 Å². The Morgan fingerprint density at radius 2 is 1.72 bits per heavy atom. The molecular formula is C21H17ClF3N3O. The van der Waals surface area contributed by atoms with Gasteiger partial charge in [0.25, 0.3) is 5.91 Å². The van der Waals surface area contributed by atoms with Crippen molar-refractivity contribution in [1.82, 2.24) is 9.78 Å². The van der Waals surface area contributed by atoms with Crippen LogP contribution in [-0.2, 0) is 19.0 Å². The first-order valence-electron chi connectivity index (χ1n) is 9.19. The lowest BCUT2D eigenvalue weighted by Crippen LogP contribution is -2.12. The zero-order chi connectivity index (χ0) is 20.6. The molecule has 1 aliphatic carbocycles. The SMILES string of the molecule is O=C(Nc1ccccc1Cl)c1ccc(-n2nc(C(F)(F)F)c3c2CCCC3)cc1. The van der Waals surface area contributed by atoms with Crippen molar-refractivity contribution < 1.29 is 18.0 Å². The minimum atomic E-state index is -4.48. The number of benzene rings is 2. The van der Waals surface area contributed by atoms with Crippen LogP contribution in [0.1, 0.15) is 40.2 Å². The van der Waals surface area contributed by atoms with Gasteiger partial charge in [0.05, 0.1) is 16.4 Å². The van der Waals surface area contributed by atoms with Crippen molar-refractivity contribution in [2.75, 3.05) is 5.32 Å². The van der Waals surface area contributed by atoms with Crippen LogP contribution in [-0.4, -0.2) is 15.7 Å². The quantitative estimate of drug-likeness (QED) is 0.594. The maximum absolute atomic E-state index is 13.4. The van der Waals surface area contributed by atoms with Gasteiger partial charge in [0.15, 0.2) is 5.69 Å². The van der Waals surface area contributed by atoms with Crippen LogP contribution >= 0.6 is 11.6 Å². The van der Waals surface area contributed by atoms with Gasteiger partial charge in [0, 0.05) is 16.8 Å². The third-order valence-electron chi connectivity index (χ3n) is 4.94. The summed E-state index contributed by atoms with van der Waals surface area (Å²) in [6.45, 7) is 0. The lowest BCUT2D eigenvalue weighted by molar-refractivity contribution is -0.142. The van der Waals surface area contributed by atoms with E-state index >= 15 is 0 Å². The first kappa shape index (κ1) is 19.5. The standard InChI is InChI=1S/C21H17ClF3N3O/c22-16-6-2-3-7-17(16)26-20(29)13-9-11-14(12-10-13)28-18-8-4-1-5-15(18)19(27-28)21(23,24)25/h2-3,6-7,9-12H,1,4-5,8H2,(H,26,29). The summed E-state index contributed by atoms with van der Waals surface area (Å²) in [6, 6.07) is 13.2. The highest BCUT2D eigenvalue weighted by atomic mass is 35.5. The summed E-state index contributed by atoms with van der Waals surface area (Å²) in [6.07, 6.45) is -2.01. The van der Waals surface area contributed by atoms with Crippen molar-refractivity contribution >= 4 is 23.2 Å². The lowest BCUT2D eigenvalue weighted by Gasteiger charge is -2.15. The molecule has 1 heterocycles. The molecular weight excluding hydrogens is 403 g/mol. The first-order chi connectivity index (χ1) is 13.8. The molecule has 0 atom stereocenters. The van der Waals surface area contributed by atoms with Crippen molar-refractivity contribution in [3.8, 4) is 5.69 Å². The summed E-state index contributed by atoms with van der Waals surface area (Å²) in [7, 11) is 0. The summed E-state index contributed by atoms with van der Waals surface area (Å²) in [5.74, 6) is -0.358. The molecule has 29 heavy (non-hydrogen) atoms. The van der Waals surface area contributed by atoms with E-state index in [0.29, 0.717) is 40.5 Å². The largest absolute Gasteiger partial charge is 0.435 e. The first-order valence-corrected chi connectivity index (χ1v) is 9.56. The lowest BCUT2D eigenvalue weighted by atomic mass is 9.95. The molecule has 0 unspecified atom stereocenters. The molecule has 150 valence electrons. The molecule has 4 rings (SSSR count).